The van der Waals surface area contributed by atoms with Crippen LogP contribution in [0.1, 0.15) is 15.9 Å². The van der Waals surface area contributed by atoms with Gasteiger partial charge in [0, 0.05) is 10.6 Å². The van der Waals surface area contributed by atoms with Crippen LogP contribution in [0.3, 0.4) is 0 Å². The maximum Gasteiger partial charge on any atom is 0.206 e. The van der Waals surface area contributed by atoms with Gasteiger partial charge in [-0.3, -0.25) is 4.79 Å². The number of phenols is 1. The zero-order chi connectivity index (χ0) is 22.7. The van der Waals surface area contributed by atoms with Crippen molar-refractivity contribution in [2.75, 3.05) is 0 Å². The van der Waals surface area contributed by atoms with Crippen LogP contribution in [0.4, 0.5) is 0 Å². The molecule has 0 radical (unpaired) electrons. The van der Waals surface area contributed by atoms with E-state index in [1.165, 1.54) is 42.5 Å². The first-order valence-corrected chi connectivity index (χ1v) is 11.4. The fraction of sp³-hybridized carbons (Fsp3) is 0. The van der Waals surface area contributed by atoms with Gasteiger partial charge in [-0.15, -0.1) is 0 Å². The lowest BCUT2D eigenvalue weighted by Gasteiger charge is -2.09. The smallest absolute Gasteiger partial charge is 0.206 e. The van der Waals surface area contributed by atoms with Crippen LogP contribution >= 0.6 is 11.6 Å². The first-order chi connectivity index (χ1) is 15.3. The van der Waals surface area contributed by atoms with Crippen LogP contribution in [0.2, 0.25) is 5.02 Å². The summed E-state index contributed by atoms with van der Waals surface area (Å²) in [7, 11) is -3.66. The molecule has 0 bridgehead atoms. The monoisotopic (exact) mass is 464 g/mol. The van der Waals surface area contributed by atoms with E-state index in [-0.39, 0.29) is 26.9 Å². The van der Waals surface area contributed by atoms with Crippen molar-refractivity contribution in [1.29, 1.82) is 0 Å². The molecule has 160 valence electrons. The van der Waals surface area contributed by atoms with Gasteiger partial charge in [-0.2, -0.15) is 0 Å². The van der Waals surface area contributed by atoms with Crippen molar-refractivity contribution in [2.24, 2.45) is 0 Å². The number of para-hydroxylation sites is 1. The molecule has 0 saturated carbocycles. The molecule has 0 fully saturated rings. The summed E-state index contributed by atoms with van der Waals surface area (Å²) < 4.78 is 31.2. The van der Waals surface area contributed by atoms with Gasteiger partial charge in [-0.25, -0.2) is 8.42 Å². The summed E-state index contributed by atoms with van der Waals surface area (Å²) in [6.45, 7) is 0. The maximum atomic E-state index is 12.7. The van der Waals surface area contributed by atoms with Crippen LogP contribution < -0.4 is 4.74 Å². The van der Waals surface area contributed by atoms with E-state index in [4.69, 9.17) is 16.3 Å². The Balaban J connectivity index is 1.49. The van der Waals surface area contributed by atoms with Crippen LogP contribution in [0.5, 0.6) is 17.2 Å². The first kappa shape index (κ1) is 21.6. The van der Waals surface area contributed by atoms with Crippen LogP contribution in [0, 0.1) is 0 Å². The summed E-state index contributed by atoms with van der Waals surface area (Å²) in [5.74, 6) is 0.546. The predicted octanol–water partition coefficient (Wildman–Crippen LogP) is 5.90. The molecular formula is C25H17ClO5S. The molecule has 0 amide bonds. The van der Waals surface area contributed by atoms with Gasteiger partial charge in [-0.05, 0) is 84.9 Å². The molecule has 0 aliphatic rings. The minimum atomic E-state index is -3.66. The fourth-order valence-electron chi connectivity index (χ4n) is 3.07. The summed E-state index contributed by atoms with van der Waals surface area (Å²) in [5, 5.41) is 10.3. The quantitative estimate of drug-likeness (QED) is 0.359. The number of carbonyl (C=O) groups excluding carboxylic acids is 1. The Hall–Kier alpha value is -3.61. The van der Waals surface area contributed by atoms with Crippen molar-refractivity contribution >= 4 is 27.2 Å². The van der Waals surface area contributed by atoms with E-state index in [1.807, 2.05) is 0 Å². The minimum absolute atomic E-state index is 0.0773. The number of phenolic OH excluding ortho intramolecular Hbond substituents is 1. The second-order valence-electron chi connectivity index (χ2n) is 6.90. The van der Waals surface area contributed by atoms with E-state index in [0.29, 0.717) is 22.1 Å². The van der Waals surface area contributed by atoms with Gasteiger partial charge in [0.15, 0.2) is 5.78 Å². The molecule has 0 aromatic heterocycles. The van der Waals surface area contributed by atoms with Gasteiger partial charge in [-0.1, -0.05) is 23.7 Å². The number of sulfone groups is 1. The Morgan fingerprint density at radius 1 is 0.719 bits per heavy atom. The van der Waals surface area contributed by atoms with Crippen molar-refractivity contribution in [2.45, 2.75) is 9.79 Å². The summed E-state index contributed by atoms with van der Waals surface area (Å²) in [6, 6.07) is 24.8. The molecule has 32 heavy (non-hydrogen) atoms. The molecule has 4 aromatic carbocycles. The molecule has 7 heteroatoms. The van der Waals surface area contributed by atoms with Gasteiger partial charge in [0.05, 0.1) is 15.4 Å². The summed E-state index contributed by atoms with van der Waals surface area (Å²) in [6.07, 6.45) is 0. The summed E-state index contributed by atoms with van der Waals surface area (Å²) in [5.41, 5.74) is 0.627. The number of hydrogen-bond acceptors (Lipinski definition) is 5. The highest BCUT2D eigenvalue weighted by atomic mass is 35.5. The molecule has 0 saturated heterocycles. The van der Waals surface area contributed by atoms with Gasteiger partial charge in [0.1, 0.15) is 17.2 Å². The largest absolute Gasteiger partial charge is 0.507 e. The SMILES string of the molecule is O=C(c1ccc(Oc2ccc(S(=O)(=O)c3ccc(Cl)cc3)cc2)cc1)c1ccccc1O. The van der Waals surface area contributed by atoms with E-state index >= 15 is 0 Å². The third kappa shape index (κ3) is 4.51. The average Bonchev–Trinajstić information content (AvgIpc) is 2.80. The predicted molar refractivity (Wildman–Crippen MR) is 121 cm³/mol. The number of benzene rings is 4. The number of ether oxygens (including phenoxy) is 1. The topological polar surface area (TPSA) is 80.7 Å². The van der Waals surface area contributed by atoms with Crippen LogP contribution in [0.25, 0.3) is 0 Å². The van der Waals surface area contributed by atoms with Crippen molar-refractivity contribution < 1.29 is 23.1 Å². The Labute approximate surface area is 190 Å². The zero-order valence-corrected chi connectivity index (χ0v) is 18.2. The number of aromatic hydroxyl groups is 1. The Morgan fingerprint density at radius 3 is 1.78 bits per heavy atom. The number of halogens is 1. The molecule has 0 aliphatic heterocycles. The summed E-state index contributed by atoms with van der Waals surface area (Å²) in [4.78, 5) is 12.8. The number of rotatable bonds is 6. The normalized spacial score (nSPS) is 11.2. The van der Waals surface area contributed by atoms with Crippen LogP contribution in [0.15, 0.2) is 107 Å². The van der Waals surface area contributed by atoms with Crippen molar-refractivity contribution in [3.05, 3.63) is 113 Å². The lowest BCUT2D eigenvalue weighted by Crippen LogP contribution is -2.02. The molecule has 0 unspecified atom stereocenters. The number of ketones is 1. The summed E-state index contributed by atoms with van der Waals surface area (Å²) >= 11 is 5.83. The minimum Gasteiger partial charge on any atom is -0.507 e. The van der Waals surface area contributed by atoms with Gasteiger partial charge in [0.25, 0.3) is 0 Å². The molecule has 5 nitrogen and oxygen atoms in total. The third-order valence-corrected chi connectivity index (χ3v) is 6.80. The second kappa shape index (κ2) is 8.86. The molecule has 1 N–H and O–H groups in total. The molecular weight excluding hydrogens is 448 g/mol. The van der Waals surface area contributed by atoms with E-state index in [1.54, 1.807) is 54.6 Å². The highest BCUT2D eigenvalue weighted by Gasteiger charge is 2.18. The lowest BCUT2D eigenvalue weighted by atomic mass is 10.0. The van der Waals surface area contributed by atoms with E-state index < -0.39 is 9.84 Å². The molecule has 4 aromatic rings. The van der Waals surface area contributed by atoms with Crippen LogP contribution in [-0.4, -0.2) is 19.3 Å². The van der Waals surface area contributed by atoms with Gasteiger partial charge in [0.2, 0.25) is 9.84 Å². The second-order valence-corrected chi connectivity index (χ2v) is 9.29. The van der Waals surface area contributed by atoms with E-state index in [0.717, 1.165) is 0 Å². The average molecular weight is 465 g/mol. The molecule has 4 rings (SSSR count). The zero-order valence-electron chi connectivity index (χ0n) is 16.6. The first-order valence-electron chi connectivity index (χ1n) is 9.56. The Bertz CT molecular complexity index is 1360. The molecule has 0 heterocycles. The standard InChI is InChI=1S/C25H17ClO5S/c26-18-7-13-21(14-8-18)32(29,30)22-15-11-20(12-16-22)31-19-9-5-17(6-10-19)25(28)23-3-1-2-4-24(23)27/h1-16,27H. The molecule has 0 aliphatic carbocycles. The maximum absolute atomic E-state index is 12.7. The highest BCUT2D eigenvalue weighted by molar-refractivity contribution is 7.91. The van der Waals surface area contributed by atoms with Crippen molar-refractivity contribution in [3.8, 4) is 17.2 Å². The highest BCUT2D eigenvalue weighted by Crippen LogP contribution is 2.27. The third-order valence-electron chi connectivity index (χ3n) is 4.76. The van der Waals surface area contributed by atoms with Crippen molar-refractivity contribution in [3.63, 3.8) is 0 Å². The number of carbonyl (C=O) groups is 1. The molecule has 0 atom stereocenters. The Morgan fingerprint density at radius 2 is 1.22 bits per heavy atom. The van der Waals surface area contributed by atoms with Gasteiger partial charge < -0.3 is 9.84 Å². The fourth-order valence-corrected chi connectivity index (χ4v) is 4.46. The van der Waals surface area contributed by atoms with Crippen molar-refractivity contribution in [1.82, 2.24) is 0 Å². The van der Waals surface area contributed by atoms with E-state index in [9.17, 15) is 18.3 Å². The molecule has 0 spiro atoms. The van der Waals surface area contributed by atoms with Gasteiger partial charge >= 0.3 is 0 Å². The van der Waals surface area contributed by atoms with Crippen LogP contribution in [-0.2, 0) is 9.84 Å². The number of hydrogen-bond donors (Lipinski definition) is 1. The van der Waals surface area contributed by atoms with E-state index in [2.05, 4.69) is 0 Å². The lowest BCUT2D eigenvalue weighted by molar-refractivity contribution is 0.103. The Kier molecular flexibility index (Phi) is 5.99.